The number of likely N-dealkylation sites (N-methyl/N-ethyl adjacent to an activating group) is 1. The Morgan fingerprint density at radius 2 is 1.52 bits per heavy atom. The zero-order valence-electron chi connectivity index (χ0n) is 16.6. The van der Waals surface area contributed by atoms with Gasteiger partial charge in [0.1, 0.15) is 6.04 Å². The summed E-state index contributed by atoms with van der Waals surface area (Å²) >= 11 is 0. The average molecular weight is 389 g/mol. The van der Waals surface area contributed by atoms with Crippen molar-refractivity contribution in [3.8, 4) is 0 Å². The van der Waals surface area contributed by atoms with Gasteiger partial charge in [0.15, 0.2) is 0 Å². The van der Waals surface area contributed by atoms with E-state index >= 15 is 0 Å². The number of anilines is 2. The average Bonchev–Trinajstić information content (AvgIpc) is 2.72. The SMILES string of the molecule is Cc1cccc(C)c1NC(=O)[C@H](c1ccc([N+](=O)[O-])cc1)N(C)c1ccccc1. The molecule has 29 heavy (non-hydrogen) atoms. The number of nitrogens with zero attached hydrogens (tertiary/aromatic N) is 2. The molecule has 0 aromatic heterocycles. The van der Waals surface area contributed by atoms with Gasteiger partial charge in [-0.3, -0.25) is 14.9 Å². The van der Waals surface area contributed by atoms with Gasteiger partial charge >= 0.3 is 0 Å². The highest BCUT2D eigenvalue weighted by Gasteiger charge is 2.27. The van der Waals surface area contributed by atoms with Crippen molar-refractivity contribution in [2.75, 3.05) is 17.3 Å². The molecule has 0 fully saturated rings. The highest BCUT2D eigenvalue weighted by molar-refractivity contribution is 5.98. The van der Waals surface area contributed by atoms with Crippen LogP contribution in [0.2, 0.25) is 0 Å². The molecule has 1 amide bonds. The van der Waals surface area contributed by atoms with E-state index in [4.69, 9.17) is 0 Å². The molecule has 0 radical (unpaired) electrons. The summed E-state index contributed by atoms with van der Waals surface area (Å²) in [5.74, 6) is -0.206. The van der Waals surface area contributed by atoms with Gasteiger partial charge in [-0.15, -0.1) is 0 Å². The fourth-order valence-electron chi connectivity index (χ4n) is 3.34. The van der Waals surface area contributed by atoms with Crippen LogP contribution in [0.3, 0.4) is 0 Å². The first-order valence-corrected chi connectivity index (χ1v) is 9.28. The van der Waals surface area contributed by atoms with Crippen molar-refractivity contribution in [2.24, 2.45) is 0 Å². The number of benzene rings is 3. The van der Waals surface area contributed by atoms with Crippen LogP contribution >= 0.6 is 0 Å². The second-order valence-electron chi connectivity index (χ2n) is 6.95. The van der Waals surface area contributed by atoms with Gasteiger partial charge in [0, 0.05) is 30.6 Å². The second kappa shape index (κ2) is 8.56. The first kappa shape index (κ1) is 20.1. The minimum absolute atomic E-state index is 0.00924. The van der Waals surface area contributed by atoms with Crippen LogP contribution in [-0.4, -0.2) is 17.9 Å². The molecule has 148 valence electrons. The van der Waals surface area contributed by atoms with Crippen molar-refractivity contribution in [1.29, 1.82) is 0 Å². The standard InChI is InChI=1S/C23H23N3O3/c1-16-8-7-9-17(2)21(16)24-23(27)22(25(3)19-10-5-4-6-11-19)18-12-14-20(15-13-18)26(28)29/h4-15,22H,1-3H3,(H,24,27)/t22-/m0/s1. The smallest absolute Gasteiger partial charge is 0.269 e. The molecule has 0 aliphatic heterocycles. The van der Waals surface area contributed by atoms with Crippen LogP contribution < -0.4 is 10.2 Å². The van der Waals surface area contributed by atoms with E-state index in [1.165, 1.54) is 12.1 Å². The van der Waals surface area contributed by atoms with Crippen LogP contribution in [0.15, 0.2) is 72.8 Å². The van der Waals surface area contributed by atoms with Crippen LogP contribution in [-0.2, 0) is 4.79 Å². The van der Waals surface area contributed by atoms with Crippen LogP contribution in [0.1, 0.15) is 22.7 Å². The highest BCUT2D eigenvalue weighted by atomic mass is 16.6. The third-order valence-corrected chi connectivity index (χ3v) is 4.95. The molecule has 1 atom stereocenters. The number of nitrogens with one attached hydrogen (secondary N) is 1. The molecule has 3 aromatic carbocycles. The van der Waals surface area contributed by atoms with Gasteiger partial charge in [-0.2, -0.15) is 0 Å². The quantitative estimate of drug-likeness (QED) is 0.474. The Hall–Kier alpha value is -3.67. The number of carbonyl (C=O) groups is 1. The van der Waals surface area contributed by atoms with E-state index < -0.39 is 11.0 Å². The number of carbonyl (C=O) groups excluding carboxylic acids is 1. The number of nitro groups is 1. The number of hydrogen-bond acceptors (Lipinski definition) is 4. The summed E-state index contributed by atoms with van der Waals surface area (Å²) in [5.41, 5.74) is 4.26. The summed E-state index contributed by atoms with van der Waals surface area (Å²) in [7, 11) is 1.84. The van der Waals surface area contributed by atoms with Crippen molar-refractivity contribution >= 4 is 23.0 Å². The van der Waals surface area contributed by atoms with Gasteiger partial charge in [0.05, 0.1) is 4.92 Å². The number of para-hydroxylation sites is 2. The van der Waals surface area contributed by atoms with Crippen molar-refractivity contribution in [3.05, 3.63) is 99.6 Å². The lowest BCUT2D eigenvalue weighted by Gasteiger charge is -2.30. The molecule has 0 heterocycles. The molecule has 0 saturated heterocycles. The molecule has 3 rings (SSSR count). The molecule has 6 nitrogen and oxygen atoms in total. The number of non-ortho nitro benzene ring substituents is 1. The third-order valence-electron chi connectivity index (χ3n) is 4.95. The predicted molar refractivity (Wildman–Crippen MR) is 115 cm³/mol. The van der Waals surface area contributed by atoms with Crippen LogP contribution in [0.4, 0.5) is 17.1 Å². The van der Waals surface area contributed by atoms with Crippen LogP contribution in [0, 0.1) is 24.0 Å². The maximum Gasteiger partial charge on any atom is 0.269 e. The lowest BCUT2D eigenvalue weighted by Crippen LogP contribution is -2.35. The number of aryl methyl sites for hydroxylation is 2. The van der Waals surface area contributed by atoms with Crippen molar-refractivity contribution in [1.82, 2.24) is 0 Å². The van der Waals surface area contributed by atoms with Crippen LogP contribution in [0.5, 0.6) is 0 Å². The maximum absolute atomic E-state index is 13.4. The zero-order chi connectivity index (χ0) is 21.0. The van der Waals surface area contributed by atoms with E-state index in [0.29, 0.717) is 5.56 Å². The van der Waals surface area contributed by atoms with Gasteiger partial charge in [-0.05, 0) is 54.8 Å². The molecular formula is C23H23N3O3. The van der Waals surface area contributed by atoms with E-state index in [-0.39, 0.29) is 11.6 Å². The number of amides is 1. The molecule has 0 unspecified atom stereocenters. The Kier molecular flexibility index (Phi) is 5.93. The van der Waals surface area contributed by atoms with Crippen LogP contribution in [0.25, 0.3) is 0 Å². The molecular weight excluding hydrogens is 366 g/mol. The normalized spacial score (nSPS) is 11.6. The fraction of sp³-hybridized carbons (Fsp3) is 0.174. The lowest BCUT2D eigenvalue weighted by atomic mass is 10.0. The van der Waals surface area contributed by atoms with E-state index in [2.05, 4.69) is 5.32 Å². The Morgan fingerprint density at radius 1 is 0.931 bits per heavy atom. The summed E-state index contributed by atoms with van der Waals surface area (Å²) < 4.78 is 0. The second-order valence-corrected chi connectivity index (χ2v) is 6.95. The summed E-state index contributed by atoms with van der Waals surface area (Å²) in [6.45, 7) is 3.90. The van der Waals surface area contributed by atoms with Gasteiger partial charge in [-0.25, -0.2) is 0 Å². The van der Waals surface area contributed by atoms with Crippen molar-refractivity contribution < 1.29 is 9.72 Å². The molecule has 0 bridgehead atoms. The zero-order valence-corrected chi connectivity index (χ0v) is 16.6. The maximum atomic E-state index is 13.4. The molecule has 6 heteroatoms. The van der Waals surface area contributed by atoms with Crippen molar-refractivity contribution in [3.63, 3.8) is 0 Å². The number of rotatable bonds is 6. The van der Waals surface area contributed by atoms with Gasteiger partial charge in [0.25, 0.3) is 11.6 Å². The van der Waals surface area contributed by atoms with Gasteiger partial charge in [-0.1, -0.05) is 36.4 Å². The Labute approximate surface area is 169 Å². The summed E-state index contributed by atoms with van der Waals surface area (Å²) in [4.78, 5) is 25.8. The third kappa shape index (κ3) is 4.43. The monoisotopic (exact) mass is 389 g/mol. The minimum atomic E-state index is -0.655. The Bertz CT molecular complexity index is 997. The first-order chi connectivity index (χ1) is 13.9. The lowest BCUT2D eigenvalue weighted by molar-refractivity contribution is -0.384. The Morgan fingerprint density at radius 3 is 2.07 bits per heavy atom. The molecule has 1 N–H and O–H groups in total. The number of hydrogen-bond donors (Lipinski definition) is 1. The van der Waals surface area contributed by atoms with Crippen molar-refractivity contribution in [2.45, 2.75) is 19.9 Å². The largest absolute Gasteiger partial charge is 0.359 e. The molecule has 0 aliphatic rings. The Balaban J connectivity index is 2.00. The first-order valence-electron chi connectivity index (χ1n) is 9.28. The molecule has 3 aromatic rings. The molecule has 0 saturated carbocycles. The molecule has 0 spiro atoms. The molecule has 0 aliphatic carbocycles. The van der Waals surface area contributed by atoms with E-state index in [9.17, 15) is 14.9 Å². The topological polar surface area (TPSA) is 75.5 Å². The summed E-state index contributed by atoms with van der Waals surface area (Å²) in [6, 6.07) is 20.9. The highest BCUT2D eigenvalue weighted by Crippen LogP contribution is 2.29. The van der Waals surface area contributed by atoms with E-state index in [0.717, 1.165) is 22.5 Å². The van der Waals surface area contributed by atoms with Gasteiger partial charge < -0.3 is 10.2 Å². The predicted octanol–water partition coefficient (Wildman–Crippen LogP) is 5.03. The summed E-state index contributed by atoms with van der Waals surface area (Å²) in [5, 5.41) is 14.1. The van der Waals surface area contributed by atoms with Gasteiger partial charge in [0.2, 0.25) is 0 Å². The number of nitro benzene ring substituents is 1. The summed E-state index contributed by atoms with van der Waals surface area (Å²) in [6.07, 6.45) is 0. The fourth-order valence-corrected chi connectivity index (χ4v) is 3.34. The van der Waals surface area contributed by atoms with E-state index in [1.807, 2.05) is 74.3 Å². The van der Waals surface area contributed by atoms with E-state index in [1.54, 1.807) is 12.1 Å². The minimum Gasteiger partial charge on any atom is -0.359 e.